The van der Waals surface area contributed by atoms with Gasteiger partial charge in [0.25, 0.3) is 0 Å². The van der Waals surface area contributed by atoms with E-state index in [1.807, 2.05) is 0 Å². The molecule has 0 aliphatic carbocycles. The molecule has 0 aromatic rings. The summed E-state index contributed by atoms with van der Waals surface area (Å²) in [5.74, 6) is -4.66. The van der Waals surface area contributed by atoms with Crippen molar-refractivity contribution >= 4 is 11.9 Å². The smallest absolute Gasteiger partial charge is 0.229 e. The number of carbonyl (C=O) groups is 2. The van der Waals surface area contributed by atoms with Gasteiger partial charge in [-0.3, -0.25) is 0 Å². The lowest BCUT2D eigenvalue weighted by Gasteiger charge is -2.43. The molecule has 0 unspecified atom stereocenters. The average molecular weight is 350 g/mol. The van der Waals surface area contributed by atoms with Crippen LogP contribution in [-0.4, -0.2) is 86.7 Å². The van der Waals surface area contributed by atoms with E-state index in [1.165, 1.54) is 0 Å². The molecule has 2 aliphatic heterocycles. The molecule has 2 aliphatic rings. The standard InChI is InChI=1S/C12H16O12/c13-2-1-3(9(17)18)22-12(4(2)14)24-7-5(15)6(16)11(21)23-8(7)10(19)20/h1-2,4-8,11-16,21H,(H,17,18)(H,19,20)/p-2/t2-,4-,5+,6-,7-,8-,11+,12-/m0/s1. The molecule has 2 heterocycles. The zero-order chi connectivity index (χ0) is 18.2. The van der Waals surface area contributed by atoms with Gasteiger partial charge in [-0.15, -0.1) is 0 Å². The maximum atomic E-state index is 11.0. The SMILES string of the molecule is O=C([O-])C1=C[C@H](O)[C@H](O)[C@H](O[C@H]2[C@H](O)[C@H](O)[C@H](O)O[C@@H]2C(=O)[O-])O1. The van der Waals surface area contributed by atoms with Crippen LogP contribution < -0.4 is 10.2 Å². The summed E-state index contributed by atoms with van der Waals surface area (Å²) in [6.07, 6.45) is -14.9. The van der Waals surface area contributed by atoms with E-state index in [9.17, 15) is 45.3 Å². The Labute approximate surface area is 133 Å². The van der Waals surface area contributed by atoms with E-state index in [0.717, 1.165) is 0 Å². The fraction of sp³-hybridized carbons (Fsp3) is 0.667. The highest BCUT2D eigenvalue weighted by Crippen LogP contribution is 2.27. The molecule has 0 aromatic heterocycles. The largest absolute Gasteiger partial charge is 0.547 e. The molecule has 136 valence electrons. The minimum absolute atomic E-state index is 0.627. The summed E-state index contributed by atoms with van der Waals surface area (Å²) >= 11 is 0. The first-order valence-corrected chi connectivity index (χ1v) is 6.65. The zero-order valence-corrected chi connectivity index (χ0v) is 11.8. The number of rotatable bonds is 4. The van der Waals surface area contributed by atoms with Crippen molar-refractivity contribution in [3.05, 3.63) is 11.8 Å². The second kappa shape index (κ2) is 6.98. The first kappa shape index (κ1) is 18.5. The van der Waals surface area contributed by atoms with Crippen LogP contribution >= 0.6 is 0 Å². The Bertz CT molecular complexity index is 532. The minimum Gasteiger partial charge on any atom is -0.547 e. The third kappa shape index (κ3) is 3.49. The van der Waals surface area contributed by atoms with E-state index in [1.54, 1.807) is 0 Å². The van der Waals surface area contributed by atoms with Crippen molar-refractivity contribution in [1.29, 1.82) is 0 Å². The van der Waals surface area contributed by atoms with Crippen LogP contribution in [0.4, 0.5) is 0 Å². The van der Waals surface area contributed by atoms with Gasteiger partial charge in [0.05, 0.1) is 5.97 Å². The van der Waals surface area contributed by atoms with Crippen LogP contribution in [0.3, 0.4) is 0 Å². The number of hydrogen-bond donors (Lipinski definition) is 5. The molecule has 0 saturated carbocycles. The number of carbonyl (C=O) groups excluding carboxylic acids is 2. The lowest BCUT2D eigenvalue weighted by Crippen LogP contribution is -2.64. The molecule has 12 nitrogen and oxygen atoms in total. The molecule has 0 aromatic carbocycles. The molecule has 12 heteroatoms. The molecule has 1 saturated heterocycles. The summed E-state index contributed by atoms with van der Waals surface area (Å²) in [4.78, 5) is 21.8. The van der Waals surface area contributed by atoms with Crippen molar-refractivity contribution in [2.24, 2.45) is 0 Å². The molecule has 24 heavy (non-hydrogen) atoms. The fourth-order valence-electron chi connectivity index (χ4n) is 2.22. The Morgan fingerprint density at radius 2 is 1.67 bits per heavy atom. The van der Waals surface area contributed by atoms with E-state index < -0.39 is 66.9 Å². The summed E-state index contributed by atoms with van der Waals surface area (Å²) in [5.41, 5.74) is 0. The average Bonchev–Trinajstić information content (AvgIpc) is 2.51. The Kier molecular flexibility index (Phi) is 5.39. The van der Waals surface area contributed by atoms with Gasteiger partial charge in [0.1, 0.15) is 48.4 Å². The van der Waals surface area contributed by atoms with Crippen molar-refractivity contribution in [1.82, 2.24) is 0 Å². The van der Waals surface area contributed by atoms with Gasteiger partial charge in [-0.2, -0.15) is 0 Å². The van der Waals surface area contributed by atoms with Gasteiger partial charge < -0.3 is 59.5 Å². The van der Waals surface area contributed by atoms with E-state index in [0.29, 0.717) is 6.08 Å². The van der Waals surface area contributed by atoms with E-state index in [-0.39, 0.29) is 0 Å². The molecular weight excluding hydrogens is 336 g/mol. The lowest BCUT2D eigenvalue weighted by atomic mass is 9.98. The number of carboxylic acids is 2. The molecule has 0 amide bonds. The lowest BCUT2D eigenvalue weighted by molar-refractivity contribution is -0.360. The van der Waals surface area contributed by atoms with Crippen LogP contribution in [0.5, 0.6) is 0 Å². The Hall–Kier alpha value is -1.80. The van der Waals surface area contributed by atoms with Crippen LogP contribution in [0.1, 0.15) is 0 Å². The normalized spacial score (nSPS) is 42.8. The van der Waals surface area contributed by atoms with Gasteiger partial charge in [-0.1, -0.05) is 0 Å². The summed E-state index contributed by atoms with van der Waals surface area (Å²) in [6.45, 7) is 0. The maximum absolute atomic E-state index is 11.0. The number of carboxylic acid groups (broad SMARTS) is 2. The molecule has 0 radical (unpaired) electrons. The van der Waals surface area contributed by atoms with Crippen LogP contribution in [0, 0.1) is 0 Å². The van der Waals surface area contributed by atoms with Crippen LogP contribution in [0.15, 0.2) is 11.8 Å². The van der Waals surface area contributed by atoms with E-state index in [4.69, 9.17) is 9.47 Å². The van der Waals surface area contributed by atoms with Gasteiger partial charge in [0.2, 0.25) is 6.29 Å². The molecule has 0 bridgehead atoms. The number of aliphatic hydroxyl groups is 5. The van der Waals surface area contributed by atoms with Crippen molar-refractivity contribution in [2.45, 2.75) is 49.2 Å². The molecule has 8 atom stereocenters. The van der Waals surface area contributed by atoms with Crippen molar-refractivity contribution in [2.75, 3.05) is 0 Å². The number of aliphatic carboxylic acids is 2. The molecule has 1 fully saturated rings. The number of ether oxygens (including phenoxy) is 3. The molecule has 0 spiro atoms. The monoisotopic (exact) mass is 350 g/mol. The maximum Gasteiger partial charge on any atom is 0.229 e. The van der Waals surface area contributed by atoms with Crippen LogP contribution in [-0.2, 0) is 23.8 Å². The summed E-state index contributed by atoms with van der Waals surface area (Å²) in [5, 5.41) is 69.7. The Morgan fingerprint density at radius 3 is 2.21 bits per heavy atom. The first-order valence-electron chi connectivity index (χ1n) is 6.65. The quantitative estimate of drug-likeness (QED) is 0.320. The number of aliphatic hydroxyl groups excluding tert-OH is 5. The predicted octanol–water partition coefficient (Wildman–Crippen LogP) is -6.73. The second-order valence-electron chi connectivity index (χ2n) is 5.13. The Balaban J connectivity index is 2.21. The molecule has 2 rings (SSSR count). The molecule has 5 N–H and O–H groups in total. The number of hydrogen-bond acceptors (Lipinski definition) is 12. The van der Waals surface area contributed by atoms with Crippen LogP contribution in [0.25, 0.3) is 0 Å². The van der Waals surface area contributed by atoms with Crippen molar-refractivity contribution < 1.29 is 59.5 Å². The third-order valence-corrected chi connectivity index (χ3v) is 3.48. The predicted molar refractivity (Wildman–Crippen MR) is 62.8 cm³/mol. The van der Waals surface area contributed by atoms with Gasteiger partial charge in [0.15, 0.2) is 6.29 Å². The van der Waals surface area contributed by atoms with Crippen LogP contribution in [0.2, 0.25) is 0 Å². The minimum atomic E-state index is -2.08. The third-order valence-electron chi connectivity index (χ3n) is 3.48. The highest BCUT2D eigenvalue weighted by molar-refractivity contribution is 5.82. The highest BCUT2D eigenvalue weighted by Gasteiger charge is 2.48. The highest BCUT2D eigenvalue weighted by atomic mass is 16.7. The summed E-state index contributed by atoms with van der Waals surface area (Å²) in [7, 11) is 0. The van der Waals surface area contributed by atoms with Gasteiger partial charge in [0, 0.05) is 0 Å². The summed E-state index contributed by atoms with van der Waals surface area (Å²) < 4.78 is 14.2. The van der Waals surface area contributed by atoms with Gasteiger partial charge in [-0.25, -0.2) is 0 Å². The van der Waals surface area contributed by atoms with E-state index >= 15 is 0 Å². The van der Waals surface area contributed by atoms with E-state index in [2.05, 4.69) is 4.74 Å². The van der Waals surface area contributed by atoms with Gasteiger partial charge >= 0.3 is 0 Å². The van der Waals surface area contributed by atoms with Gasteiger partial charge in [-0.05, 0) is 6.08 Å². The van der Waals surface area contributed by atoms with Crippen molar-refractivity contribution in [3.63, 3.8) is 0 Å². The zero-order valence-electron chi connectivity index (χ0n) is 11.8. The molecular formula is C12H14O12-2. The topological polar surface area (TPSA) is 209 Å². The summed E-state index contributed by atoms with van der Waals surface area (Å²) in [6, 6.07) is 0. The Morgan fingerprint density at radius 1 is 1.04 bits per heavy atom. The first-order chi connectivity index (χ1) is 11.1. The second-order valence-corrected chi connectivity index (χ2v) is 5.13. The fourth-order valence-corrected chi connectivity index (χ4v) is 2.22. The van der Waals surface area contributed by atoms with Crippen molar-refractivity contribution in [3.8, 4) is 0 Å².